The Kier molecular flexibility index (Phi) is 4.23. The molecule has 1 aliphatic rings. The third-order valence-corrected chi connectivity index (χ3v) is 3.59. The quantitative estimate of drug-likeness (QED) is 0.936. The van der Waals surface area contributed by atoms with Gasteiger partial charge < -0.3 is 10.2 Å². The number of piperidine rings is 1. The van der Waals surface area contributed by atoms with E-state index in [1.807, 2.05) is 0 Å². The van der Waals surface area contributed by atoms with E-state index < -0.39 is 0 Å². The standard InChI is InChI=1S/C15H18FN5/c16-13-6-4-12(5-7-13)10-17-15-19-14(11-18-20-15)21-8-2-1-3-9-21/h4-7,11H,1-3,8-10H2,(H,17,19,20). The second-order valence-electron chi connectivity index (χ2n) is 5.17. The summed E-state index contributed by atoms with van der Waals surface area (Å²) < 4.78 is 12.8. The molecule has 1 aromatic heterocycles. The molecule has 110 valence electrons. The Bertz CT molecular complexity index is 581. The zero-order valence-corrected chi connectivity index (χ0v) is 11.8. The van der Waals surface area contributed by atoms with Crippen LogP contribution in [-0.2, 0) is 6.54 Å². The van der Waals surface area contributed by atoms with Gasteiger partial charge in [0.05, 0.1) is 6.20 Å². The summed E-state index contributed by atoms with van der Waals surface area (Å²) in [5.41, 5.74) is 0.975. The van der Waals surface area contributed by atoms with Crippen molar-refractivity contribution in [3.05, 3.63) is 41.8 Å². The Hall–Kier alpha value is -2.24. The molecule has 1 N–H and O–H groups in total. The third-order valence-electron chi connectivity index (χ3n) is 3.59. The molecule has 1 saturated heterocycles. The zero-order chi connectivity index (χ0) is 14.5. The van der Waals surface area contributed by atoms with Crippen LogP contribution in [0.5, 0.6) is 0 Å². The summed E-state index contributed by atoms with van der Waals surface area (Å²) in [6.45, 7) is 2.59. The van der Waals surface area contributed by atoms with Crippen molar-refractivity contribution in [2.24, 2.45) is 0 Å². The molecule has 1 fully saturated rings. The molecule has 0 spiro atoms. The van der Waals surface area contributed by atoms with Gasteiger partial charge in [0.15, 0.2) is 5.82 Å². The first kappa shape index (κ1) is 13.7. The molecule has 21 heavy (non-hydrogen) atoms. The number of anilines is 2. The monoisotopic (exact) mass is 287 g/mol. The van der Waals surface area contributed by atoms with E-state index in [2.05, 4.69) is 25.4 Å². The molecule has 0 atom stereocenters. The van der Waals surface area contributed by atoms with Gasteiger partial charge in [-0.05, 0) is 37.0 Å². The summed E-state index contributed by atoms with van der Waals surface area (Å²) >= 11 is 0. The van der Waals surface area contributed by atoms with Crippen LogP contribution in [0, 0.1) is 5.82 Å². The van der Waals surface area contributed by atoms with Gasteiger partial charge in [-0.25, -0.2) is 4.39 Å². The fraction of sp³-hybridized carbons (Fsp3) is 0.400. The van der Waals surface area contributed by atoms with Crippen molar-refractivity contribution in [2.45, 2.75) is 25.8 Å². The number of benzene rings is 1. The van der Waals surface area contributed by atoms with Crippen LogP contribution in [0.25, 0.3) is 0 Å². The van der Waals surface area contributed by atoms with Crippen molar-refractivity contribution in [3.63, 3.8) is 0 Å². The highest BCUT2D eigenvalue weighted by atomic mass is 19.1. The van der Waals surface area contributed by atoms with Gasteiger partial charge >= 0.3 is 0 Å². The highest BCUT2D eigenvalue weighted by molar-refractivity contribution is 5.40. The van der Waals surface area contributed by atoms with Crippen LogP contribution in [0.15, 0.2) is 30.5 Å². The molecule has 1 aliphatic heterocycles. The van der Waals surface area contributed by atoms with E-state index in [1.165, 1.54) is 31.4 Å². The molecule has 2 aromatic rings. The van der Waals surface area contributed by atoms with E-state index in [-0.39, 0.29) is 5.82 Å². The number of halogens is 1. The van der Waals surface area contributed by atoms with Gasteiger partial charge in [-0.15, -0.1) is 5.10 Å². The zero-order valence-electron chi connectivity index (χ0n) is 11.8. The second-order valence-corrected chi connectivity index (χ2v) is 5.17. The first-order valence-corrected chi connectivity index (χ1v) is 7.24. The number of hydrogen-bond donors (Lipinski definition) is 1. The van der Waals surface area contributed by atoms with E-state index in [9.17, 15) is 4.39 Å². The minimum Gasteiger partial charge on any atom is -0.355 e. The first-order valence-electron chi connectivity index (χ1n) is 7.24. The summed E-state index contributed by atoms with van der Waals surface area (Å²) in [4.78, 5) is 6.73. The summed E-state index contributed by atoms with van der Waals surface area (Å²) in [6, 6.07) is 6.37. The molecule has 0 saturated carbocycles. The van der Waals surface area contributed by atoms with Crippen LogP contribution in [-0.4, -0.2) is 28.3 Å². The van der Waals surface area contributed by atoms with Gasteiger partial charge in [0.1, 0.15) is 5.82 Å². The topological polar surface area (TPSA) is 53.9 Å². The van der Waals surface area contributed by atoms with Crippen molar-refractivity contribution < 1.29 is 4.39 Å². The Morgan fingerprint density at radius 1 is 1.10 bits per heavy atom. The number of rotatable bonds is 4. The highest BCUT2D eigenvalue weighted by Gasteiger charge is 2.13. The lowest BCUT2D eigenvalue weighted by molar-refractivity contribution is 0.572. The maximum atomic E-state index is 12.8. The minimum atomic E-state index is -0.233. The van der Waals surface area contributed by atoms with E-state index in [0.717, 1.165) is 24.5 Å². The molecule has 2 heterocycles. The van der Waals surface area contributed by atoms with Gasteiger partial charge in [0, 0.05) is 19.6 Å². The van der Waals surface area contributed by atoms with Crippen LogP contribution >= 0.6 is 0 Å². The summed E-state index contributed by atoms with van der Waals surface area (Å²) in [6.07, 6.45) is 5.38. The van der Waals surface area contributed by atoms with Crippen LogP contribution in [0.3, 0.4) is 0 Å². The van der Waals surface area contributed by atoms with Gasteiger partial charge in [-0.3, -0.25) is 0 Å². The van der Waals surface area contributed by atoms with Crippen LogP contribution in [0.2, 0.25) is 0 Å². The molecule has 0 aliphatic carbocycles. The smallest absolute Gasteiger partial charge is 0.244 e. The fourth-order valence-corrected chi connectivity index (χ4v) is 2.43. The largest absolute Gasteiger partial charge is 0.355 e. The van der Waals surface area contributed by atoms with Gasteiger partial charge in [0.2, 0.25) is 5.95 Å². The van der Waals surface area contributed by atoms with E-state index in [4.69, 9.17) is 0 Å². The fourth-order valence-electron chi connectivity index (χ4n) is 2.43. The molecule has 0 bridgehead atoms. The molecule has 0 radical (unpaired) electrons. The van der Waals surface area contributed by atoms with Crippen molar-refractivity contribution in [3.8, 4) is 0 Å². The number of aromatic nitrogens is 3. The SMILES string of the molecule is Fc1ccc(CNc2nncc(N3CCCCC3)n2)cc1. The Morgan fingerprint density at radius 2 is 1.86 bits per heavy atom. The average Bonchev–Trinajstić information content (AvgIpc) is 2.55. The predicted octanol–water partition coefficient (Wildman–Crippen LogP) is 2.61. The summed E-state index contributed by atoms with van der Waals surface area (Å²) in [7, 11) is 0. The molecule has 1 aromatic carbocycles. The predicted molar refractivity (Wildman–Crippen MR) is 79.6 cm³/mol. The van der Waals surface area contributed by atoms with Crippen molar-refractivity contribution in [1.29, 1.82) is 0 Å². The highest BCUT2D eigenvalue weighted by Crippen LogP contribution is 2.17. The minimum absolute atomic E-state index is 0.233. The number of nitrogens with one attached hydrogen (secondary N) is 1. The maximum absolute atomic E-state index is 12.8. The second kappa shape index (κ2) is 6.47. The molecule has 3 rings (SSSR count). The number of nitrogens with zero attached hydrogens (tertiary/aromatic N) is 4. The summed E-state index contributed by atoms with van der Waals surface area (Å²) in [5.74, 6) is 1.14. The normalized spacial score (nSPS) is 15.0. The molecular weight excluding hydrogens is 269 g/mol. The van der Waals surface area contributed by atoms with Crippen molar-refractivity contribution in [2.75, 3.05) is 23.3 Å². The number of hydrogen-bond acceptors (Lipinski definition) is 5. The van der Waals surface area contributed by atoms with Crippen LogP contribution < -0.4 is 10.2 Å². The molecule has 6 heteroatoms. The lowest BCUT2D eigenvalue weighted by atomic mass is 10.1. The summed E-state index contributed by atoms with van der Waals surface area (Å²) in [5, 5.41) is 11.1. The molecular formula is C15H18FN5. The van der Waals surface area contributed by atoms with Crippen molar-refractivity contribution >= 4 is 11.8 Å². The van der Waals surface area contributed by atoms with Gasteiger partial charge in [0.25, 0.3) is 0 Å². The van der Waals surface area contributed by atoms with Gasteiger partial charge in [-0.1, -0.05) is 12.1 Å². The average molecular weight is 287 g/mol. The molecule has 5 nitrogen and oxygen atoms in total. The Balaban J connectivity index is 1.64. The van der Waals surface area contributed by atoms with Crippen LogP contribution in [0.1, 0.15) is 24.8 Å². The molecule has 0 amide bonds. The van der Waals surface area contributed by atoms with E-state index in [0.29, 0.717) is 12.5 Å². The Morgan fingerprint density at radius 3 is 2.62 bits per heavy atom. The molecule has 0 unspecified atom stereocenters. The van der Waals surface area contributed by atoms with Gasteiger partial charge in [-0.2, -0.15) is 10.1 Å². The first-order chi connectivity index (χ1) is 10.3. The lowest BCUT2D eigenvalue weighted by Gasteiger charge is -2.27. The lowest BCUT2D eigenvalue weighted by Crippen LogP contribution is -2.30. The van der Waals surface area contributed by atoms with Crippen molar-refractivity contribution in [1.82, 2.24) is 15.2 Å². The third kappa shape index (κ3) is 3.65. The van der Waals surface area contributed by atoms with E-state index >= 15 is 0 Å². The van der Waals surface area contributed by atoms with E-state index in [1.54, 1.807) is 18.3 Å². The maximum Gasteiger partial charge on any atom is 0.244 e. The Labute approximate surface area is 123 Å². The van der Waals surface area contributed by atoms with Crippen LogP contribution in [0.4, 0.5) is 16.2 Å².